The summed E-state index contributed by atoms with van der Waals surface area (Å²) in [5.41, 5.74) is 0.588. The van der Waals surface area contributed by atoms with Gasteiger partial charge in [-0.15, -0.1) is 0 Å². The van der Waals surface area contributed by atoms with E-state index in [1.807, 2.05) is 0 Å². The molecule has 1 aromatic rings. The van der Waals surface area contributed by atoms with E-state index in [0.29, 0.717) is 11.3 Å². The Balaban J connectivity index is 1.31. The maximum atomic E-state index is 12.0. The molecule has 3 fully saturated rings. The van der Waals surface area contributed by atoms with Crippen LogP contribution in [-0.4, -0.2) is 36.5 Å². The van der Waals surface area contributed by atoms with Gasteiger partial charge in [0.05, 0.1) is 5.92 Å². The lowest BCUT2D eigenvalue weighted by Gasteiger charge is -2.25. The van der Waals surface area contributed by atoms with Gasteiger partial charge in [-0.1, -0.05) is 0 Å². The second-order valence-corrected chi connectivity index (χ2v) is 6.73. The maximum Gasteiger partial charge on any atom is 0.344 e. The standard InChI is InChI=1S/C18H18O6/c1-9(19)10-2-4-12(5-3-10)22-8-15(20)23-16-11-6-13-14(7-11)18(21)24-17(13)16/h2-5,11,13-14,16-17H,6-8H2,1H3. The monoisotopic (exact) mass is 330 g/mol. The van der Waals surface area contributed by atoms with Crippen molar-refractivity contribution in [2.45, 2.75) is 32.0 Å². The van der Waals surface area contributed by atoms with E-state index in [1.165, 1.54) is 6.92 Å². The van der Waals surface area contributed by atoms with Gasteiger partial charge in [0.1, 0.15) is 18.0 Å². The summed E-state index contributed by atoms with van der Waals surface area (Å²) in [7, 11) is 0. The zero-order chi connectivity index (χ0) is 16.8. The lowest BCUT2D eigenvalue weighted by Crippen LogP contribution is -2.37. The van der Waals surface area contributed by atoms with Gasteiger partial charge in [0.25, 0.3) is 0 Å². The summed E-state index contributed by atoms with van der Waals surface area (Å²) in [5, 5.41) is 0. The SMILES string of the molecule is CC(=O)c1ccc(OCC(=O)OC2C3CC4C(=O)OC2C4C3)cc1. The van der Waals surface area contributed by atoms with Crippen molar-refractivity contribution >= 4 is 17.7 Å². The van der Waals surface area contributed by atoms with Crippen LogP contribution in [0.5, 0.6) is 5.75 Å². The fourth-order valence-corrected chi connectivity index (χ4v) is 4.18. The first-order chi connectivity index (χ1) is 11.5. The second-order valence-electron chi connectivity index (χ2n) is 6.73. The third-order valence-electron chi connectivity index (χ3n) is 5.30. The topological polar surface area (TPSA) is 78.9 Å². The summed E-state index contributed by atoms with van der Waals surface area (Å²) in [6.45, 7) is 1.28. The Bertz CT molecular complexity index is 694. The van der Waals surface area contributed by atoms with Crippen LogP contribution in [-0.2, 0) is 19.1 Å². The van der Waals surface area contributed by atoms with Gasteiger partial charge in [-0.05, 0) is 44.0 Å². The van der Waals surface area contributed by atoms with E-state index in [2.05, 4.69) is 0 Å². The number of carbonyl (C=O) groups is 3. The maximum absolute atomic E-state index is 12.0. The van der Waals surface area contributed by atoms with E-state index >= 15 is 0 Å². The number of esters is 2. The number of ketones is 1. The fourth-order valence-electron chi connectivity index (χ4n) is 4.18. The van der Waals surface area contributed by atoms with Crippen molar-refractivity contribution in [2.24, 2.45) is 17.8 Å². The zero-order valence-corrected chi connectivity index (χ0v) is 13.3. The Hall–Kier alpha value is -2.37. The highest BCUT2D eigenvalue weighted by Crippen LogP contribution is 2.55. The molecule has 24 heavy (non-hydrogen) atoms. The van der Waals surface area contributed by atoms with Gasteiger partial charge >= 0.3 is 11.9 Å². The van der Waals surface area contributed by atoms with Gasteiger partial charge in [0, 0.05) is 17.4 Å². The summed E-state index contributed by atoms with van der Waals surface area (Å²) in [6.07, 6.45) is 1.03. The lowest BCUT2D eigenvalue weighted by molar-refractivity contribution is -0.163. The number of carbonyl (C=O) groups excluding carboxylic acids is 3. The summed E-state index contributed by atoms with van der Waals surface area (Å²) in [5.74, 6) is 0.288. The number of benzene rings is 1. The van der Waals surface area contributed by atoms with Crippen molar-refractivity contribution in [3.8, 4) is 5.75 Å². The molecule has 2 aliphatic carbocycles. The van der Waals surface area contributed by atoms with Crippen LogP contribution in [0.1, 0.15) is 30.1 Å². The Labute approximate surface area is 139 Å². The third-order valence-corrected chi connectivity index (χ3v) is 5.30. The van der Waals surface area contributed by atoms with Crippen molar-refractivity contribution in [1.82, 2.24) is 0 Å². The van der Waals surface area contributed by atoms with E-state index in [9.17, 15) is 14.4 Å². The number of hydrogen-bond donors (Lipinski definition) is 0. The Morgan fingerprint density at radius 3 is 2.67 bits per heavy atom. The fraction of sp³-hybridized carbons (Fsp3) is 0.500. The molecule has 6 nitrogen and oxygen atoms in total. The first kappa shape index (κ1) is 15.2. The van der Waals surface area contributed by atoms with E-state index in [0.717, 1.165) is 12.8 Å². The molecule has 126 valence electrons. The van der Waals surface area contributed by atoms with Crippen LogP contribution in [0.15, 0.2) is 24.3 Å². The highest BCUT2D eigenvalue weighted by Gasteiger charge is 2.63. The Morgan fingerprint density at radius 2 is 1.96 bits per heavy atom. The van der Waals surface area contributed by atoms with Gasteiger partial charge in [-0.25, -0.2) is 4.79 Å². The minimum Gasteiger partial charge on any atom is -0.482 e. The van der Waals surface area contributed by atoms with E-state index in [-0.39, 0.29) is 48.3 Å². The molecule has 5 unspecified atom stereocenters. The van der Waals surface area contributed by atoms with Crippen molar-refractivity contribution in [1.29, 1.82) is 0 Å². The Morgan fingerprint density at radius 1 is 1.21 bits per heavy atom. The van der Waals surface area contributed by atoms with Crippen LogP contribution in [0, 0.1) is 17.8 Å². The third kappa shape index (κ3) is 2.46. The molecule has 0 N–H and O–H groups in total. The molecule has 4 rings (SSSR count). The van der Waals surface area contributed by atoms with Crippen LogP contribution < -0.4 is 4.74 Å². The van der Waals surface area contributed by atoms with Gasteiger partial charge in [0.2, 0.25) is 0 Å². The highest BCUT2D eigenvalue weighted by atomic mass is 16.6. The summed E-state index contributed by atoms with van der Waals surface area (Å²) in [6, 6.07) is 6.59. The second kappa shape index (κ2) is 5.61. The molecular weight excluding hydrogens is 312 g/mol. The van der Waals surface area contributed by atoms with Crippen LogP contribution >= 0.6 is 0 Å². The minimum atomic E-state index is -0.470. The molecule has 1 aromatic carbocycles. The number of hydrogen-bond acceptors (Lipinski definition) is 6. The lowest BCUT2D eigenvalue weighted by atomic mass is 9.88. The van der Waals surface area contributed by atoms with Crippen LogP contribution in [0.4, 0.5) is 0 Å². The predicted molar refractivity (Wildman–Crippen MR) is 81.4 cm³/mol. The molecular formula is C18H18O6. The smallest absolute Gasteiger partial charge is 0.344 e. The molecule has 1 aliphatic heterocycles. The molecule has 0 aromatic heterocycles. The largest absolute Gasteiger partial charge is 0.482 e. The molecule has 2 saturated carbocycles. The first-order valence-electron chi connectivity index (χ1n) is 8.16. The quantitative estimate of drug-likeness (QED) is 0.605. The van der Waals surface area contributed by atoms with E-state index in [4.69, 9.17) is 14.2 Å². The van der Waals surface area contributed by atoms with Gasteiger partial charge in [0.15, 0.2) is 12.4 Å². The van der Waals surface area contributed by atoms with E-state index in [1.54, 1.807) is 24.3 Å². The molecule has 0 amide bonds. The normalized spacial score (nSPS) is 32.5. The summed E-state index contributed by atoms with van der Waals surface area (Å²) < 4.78 is 16.3. The number of Topliss-reactive ketones (excluding diaryl/α,β-unsaturated/α-hetero) is 1. The molecule has 1 saturated heterocycles. The molecule has 0 spiro atoms. The van der Waals surface area contributed by atoms with Crippen molar-refractivity contribution in [3.63, 3.8) is 0 Å². The average Bonchev–Trinajstić information content (AvgIpc) is 3.18. The molecule has 5 atom stereocenters. The molecule has 2 bridgehead atoms. The Kier molecular flexibility index (Phi) is 3.55. The van der Waals surface area contributed by atoms with Crippen LogP contribution in [0.3, 0.4) is 0 Å². The number of fused-ring (bicyclic) bond motifs is 1. The summed E-state index contributed by atoms with van der Waals surface area (Å²) >= 11 is 0. The molecule has 0 radical (unpaired) electrons. The highest BCUT2D eigenvalue weighted by molar-refractivity contribution is 5.94. The van der Waals surface area contributed by atoms with Crippen molar-refractivity contribution in [2.75, 3.05) is 6.61 Å². The molecule has 3 aliphatic rings. The summed E-state index contributed by atoms with van der Waals surface area (Å²) in [4.78, 5) is 35.0. The van der Waals surface area contributed by atoms with Gasteiger partial charge < -0.3 is 14.2 Å². The molecule has 1 heterocycles. The minimum absolute atomic E-state index is 0.00555. The first-order valence-corrected chi connectivity index (χ1v) is 8.16. The van der Waals surface area contributed by atoms with Gasteiger partial charge in [-0.2, -0.15) is 0 Å². The van der Waals surface area contributed by atoms with Gasteiger partial charge in [-0.3, -0.25) is 9.59 Å². The van der Waals surface area contributed by atoms with Crippen LogP contribution in [0.2, 0.25) is 0 Å². The zero-order valence-electron chi connectivity index (χ0n) is 13.3. The van der Waals surface area contributed by atoms with Crippen LogP contribution in [0.25, 0.3) is 0 Å². The predicted octanol–water partition coefficient (Wildman–Crippen LogP) is 1.76. The van der Waals surface area contributed by atoms with Crippen molar-refractivity contribution in [3.05, 3.63) is 29.8 Å². The average molecular weight is 330 g/mol. The van der Waals surface area contributed by atoms with Crippen molar-refractivity contribution < 1.29 is 28.6 Å². The van der Waals surface area contributed by atoms with E-state index < -0.39 is 5.97 Å². The molecule has 6 heteroatoms. The number of ether oxygens (including phenoxy) is 3. The number of rotatable bonds is 5.